The molecule has 33 heavy (non-hydrogen) atoms. The molecule has 0 aliphatic heterocycles. The van der Waals surface area contributed by atoms with Crippen LogP contribution in [0.4, 0.5) is 11.5 Å². The normalized spacial score (nSPS) is 10.8. The number of aryl methyl sites for hydroxylation is 1. The Bertz CT molecular complexity index is 1360. The van der Waals surface area contributed by atoms with Gasteiger partial charge in [-0.15, -0.1) is 5.10 Å². The third-order valence-corrected chi connectivity index (χ3v) is 5.71. The van der Waals surface area contributed by atoms with Gasteiger partial charge in [-0.25, -0.2) is 4.98 Å². The van der Waals surface area contributed by atoms with E-state index in [0.29, 0.717) is 40.3 Å². The number of halogens is 2. The highest BCUT2D eigenvalue weighted by Gasteiger charge is 2.13. The van der Waals surface area contributed by atoms with Crippen molar-refractivity contribution >= 4 is 40.9 Å². The Labute approximate surface area is 199 Å². The van der Waals surface area contributed by atoms with Gasteiger partial charge in [0.15, 0.2) is 0 Å². The first-order chi connectivity index (χ1) is 16.0. The fourth-order valence-electron chi connectivity index (χ4n) is 3.23. The molecule has 3 N–H and O–H groups in total. The molecule has 0 amide bonds. The molecule has 3 aromatic heterocycles. The average molecular weight is 483 g/mol. The maximum atomic E-state index is 13.2. The molecule has 0 aliphatic carbocycles. The zero-order valence-corrected chi connectivity index (χ0v) is 19.1. The highest BCUT2D eigenvalue weighted by atomic mass is 35.5. The van der Waals surface area contributed by atoms with E-state index < -0.39 is 0 Å². The number of hydrogen-bond acceptors (Lipinski definition) is 7. The van der Waals surface area contributed by atoms with Crippen LogP contribution in [0.3, 0.4) is 0 Å². The summed E-state index contributed by atoms with van der Waals surface area (Å²) in [5.74, 6) is 0.528. The van der Waals surface area contributed by atoms with Crippen molar-refractivity contribution in [3.8, 4) is 5.69 Å². The molecule has 11 heteroatoms. The van der Waals surface area contributed by atoms with E-state index in [1.165, 1.54) is 10.8 Å². The highest BCUT2D eigenvalue weighted by molar-refractivity contribution is 6.32. The third kappa shape index (κ3) is 4.89. The molecule has 1 aromatic carbocycles. The molecular weight excluding hydrogens is 463 g/mol. The van der Waals surface area contributed by atoms with Crippen LogP contribution in [0.2, 0.25) is 10.0 Å². The molecule has 0 spiro atoms. The number of hydrogen-bond donors (Lipinski definition) is 3. The molecule has 0 aliphatic rings. The van der Waals surface area contributed by atoms with Crippen LogP contribution in [-0.2, 0) is 20.1 Å². The Morgan fingerprint density at radius 2 is 1.91 bits per heavy atom. The Hall–Kier alpha value is -3.69. The van der Waals surface area contributed by atoms with Gasteiger partial charge in [0.05, 0.1) is 46.6 Å². The first-order valence-corrected chi connectivity index (χ1v) is 10.7. The van der Waals surface area contributed by atoms with E-state index in [0.717, 1.165) is 17.5 Å². The van der Waals surface area contributed by atoms with Gasteiger partial charge >= 0.3 is 0 Å². The fraction of sp³-hybridized carbons (Fsp3) is 0.136. The maximum Gasteiger partial charge on any atom is 0.266 e. The second-order valence-corrected chi connectivity index (χ2v) is 7.95. The minimum absolute atomic E-state index is 0.202. The third-order valence-electron chi connectivity index (χ3n) is 5.05. The molecule has 3 heterocycles. The van der Waals surface area contributed by atoms with Gasteiger partial charge < -0.3 is 16.0 Å². The quantitative estimate of drug-likeness (QED) is 0.328. The first kappa shape index (κ1) is 22.5. The van der Waals surface area contributed by atoms with Crippen LogP contribution in [0.5, 0.6) is 0 Å². The molecule has 9 nitrogen and oxygen atoms in total. The van der Waals surface area contributed by atoms with Crippen LogP contribution in [0.1, 0.15) is 16.8 Å². The molecule has 0 radical (unpaired) electrons. The molecule has 4 rings (SSSR count). The Morgan fingerprint density at radius 1 is 1.09 bits per heavy atom. The Kier molecular flexibility index (Phi) is 6.71. The van der Waals surface area contributed by atoms with Gasteiger partial charge in [-0.3, -0.25) is 14.0 Å². The Morgan fingerprint density at radius 3 is 2.64 bits per heavy atom. The zero-order chi connectivity index (χ0) is 23.4. The van der Waals surface area contributed by atoms with Gasteiger partial charge in [0.2, 0.25) is 0 Å². The summed E-state index contributed by atoms with van der Waals surface area (Å²) in [6.07, 6.45) is 5.76. The van der Waals surface area contributed by atoms with E-state index in [1.54, 1.807) is 42.3 Å². The first-order valence-electron chi connectivity index (χ1n) is 9.94. The lowest BCUT2D eigenvalue weighted by Crippen LogP contribution is -2.24. The van der Waals surface area contributed by atoms with Crippen molar-refractivity contribution in [1.82, 2.24) is 24.5 Å². The van der Waals surface area contributed by atoms with Crippen molar-refractivity contribution in [3.63, 3.8) is 0 Å². The average Bonchev–Trinajstić information content (AvgIpc) is 3.23. The zero-order valence-electron chi connectivity index (χ0n) is 17.6. The molecule has 0 atom stereocenters. The molecular formula is C22H20Cl2N8O. The summed E-state index contributed by atoms with van der Waals surface area (Å²) in [4.78, 5) is 17.5. The van der Waals surface area contributed by atoms with Gasteiger partial charge in [0.1, 0.15) is 5.82 Å². The number of nitrogens with zero attached hydrogens (tertiary/aromatic N) is 5. The van der Waals surface area contributed by atoms with Crippen molar-refractivity contribution in [1.29, 1.82) is 5.41 Å². The topological polar surface area (TPSA) is 114 Å². The molecule has 0 saturated carbocycles. The molecule has 168 valence electrons. The second kappa shape index (κ2) is 9.85. The molecule has 0 bridgehead atoms. The van der Waals surface area contributed by atoms with E-state index in [9.17, 15) is 4.79 Å². The SMILES string of the molecule is Cn1nncc1CNc1cc(-n2ccc(NCc3ccccc3Cl)c(C=N)c2=O)c(Cl)cn1. The van der Waals surface area contributed by atoms with Crippen molar-refractivity contribution in [3.05, 3.63) is 92.2 Å². The second-order valence-electron chi connectivity index (χ2n) is 7.13. The highest BCUT2D eigenvalue weighted by Crippen LogP contribution is 2.23. The summed E-state index contributed by atoms with van der Waals surface area (Å²) in [6, 6.07) is 10.8. The molecule has 0 saturated heterocycles. The van der Waals surface area contributed by atoms with Crippen molar-refractivity contribution < 1.29 is 0 Å². The van der Waals surface area contributed by atoms with E-state index >= 15 is 0 Å². The lowest BCUT2D eigenvalue weighted by Gasteiger charge is -2.15. The number of rotatable bonds is 8. The summed E-state index contributed by atoms with van der Waals surface area (Å²) >= 11 is 12.6. The monoisotopic (exact) mass is 482 g/mol. The van der Waals surface area contributed by atoms with Crippen LogP contribution in [0, 0.1) is 5.41 Å². The van der Waals surface area contributed by atoms with Crippen LogP contribution in [0.15, 0.2) is 59.8 Å². The maximum absolute atomic E-state index is 13.2. The molecule has 0 unspecified atom stereocenters. The van der Waals surface area contributed by atoms with E-state index in [2.05, 4.69) is 25.9 Å². The minimum Gasteiger partial charge on any atom is -0.380 e. The van der Waals surface area contributed by atoms with Crippen molar-refractivity contribution in [2.45, 2.75) is 13.1 Å². The molecule has 0 fully saturated rings. The smallest absolute Gasteiger partial charge is 0.266 e. The number of aromatic nitrogens is 5. The standard InChI is InChI=1S/C22H20Cl2N8O/c1-31-15(12-29-30-31)11-27-21-8-20(18(24)13-28-21)32-7-6-19(16(9-25)22(32)33)26-10-14-4-2-3-5-17(14)23/h2-9,12-13,25-26H,10-11H2,1H3,(H,27,28). The summed E-state index contributed by atoms with van der Waals surface area (Å²) in [7, 11) is 1.80. The van der Waals surface area contributed by atoms with Gasteiger partial charge in [-0.05, 0) is 17.7 Å². The van der Waals surface area contributed by atoms with Crippen LogP contribution < -0.4 is 16.2 Å². The van der Waals surface area contributed by atoms with Gasteiger partial charge in [-0.2, -0.15) is 0 Å². The van der Waals surface area contributed by atoms with Crippen molar-refractivity contribution in [2.75, 3.05) is 10.6 Å². The van der Waals surface area contributed by atoms with Crippen LogP contribution in [-0.4, -0.2) is 30.8 Å². The largest absolute Gasteiger partial charge is 0.380 e. The van der Waals surface area contributed by atoms with E-state index in [4.69, 9.17) is 28.6 Å². The number of benzene rings is 1. The number of pyridine rings is 2. The lowest BCUT2D eigenvalue weighted by atomic mass is 10.2. The Balaban J connectivity index is 1.61. The lowest BCUT2D eigenvalue weighted by molar-refractivity contribution is 0.683. The predicted molar refractivity (Wildman–Crippen MR) is 130 cm³/mol. The predicted octanol–water partition coefficient (Wildman–Crippen LogP) is 3.89. The van der Waals surface area contributed by atoms with Crippen LogP contribution >= 0.6 is 23.2 Å². The number of anilines is 2. The van der Waals surface area contributed by atoms with Gasteiger partial charge in [-0.1, -0.05) is 46.6 Å². The van der Waals surface area contributed by atoms with Gasteiger partial charge in [0, 0.05) is 37.1 Å². The van der Waals surface area contributed by atoms with Gasteiger partial charge in [0.25, 0.3) is 5.56 Å². The van der Waals surface area contributed by atoms with Crippen LogP contribution in [0.25, 0.3) is 5.69 Å². The number of nitrogens with one attached hydrogen (secondary N) is 3. The van der Waals surface area contributed by atoms with E-state index in [-0.39, 0.29) is 11.1 Å². The summed E-state index contributed by atoms with van der Waals surface area (Å²) < 4.78 is 3.04. The molecule has 4 aromatic rings. The minimum atomic E-state index is -0.385. The summed E-state index contributed by atoms with van der Waals surface area (Å²) in [5, 5.41) is 22.8. The summed E-state index contributed by atoms with van der Waals surface area (Å²) in [5.41, 5.74) is 2.54. The fourth-order valence-corrected chi connectivity index (χ4v) is 3.63. The summed E-state index contributed by atoms with van der Waals surface area (Å²) in [6.45, 7) is 0.861. The van der Waals surface area contributed by atoms with Crippen molar-refractivity contribution in [2.24, 2.45) is 7.05 Å². The van der Waals surface area contributed by atoms with E-state index in [1.807, 2.05) is 18.2 Å².